The third-order valence-electron chi connectivity index (χ3n) is 5.10. The fourth-order valence-electron chi connectivity index (χ4n) is 2.76. The van der Waals surface area contributed by atoms with Gasteiger partial charge in [-0.2, -0.15) is 0 Å². The van der Waals surface area contributed by atoms with Crippen LogP contribution >= 0.6 is 0 Å². The van der Waals surface area contributed by atoms with E-state index in [0.717, 1.165) is 0 Å². The van der Waals surface area contributed by atoms with Gasteiger partial charge < -0.3 is 75.9 Å². The Hall–Kier alpha value is -1.22. The molecule has 1 fully saturated rings. The molecule has 34 heavy (non-hydrogen) atoms. The molecule has 0 aliphatic carbocycles. The average molecular weight is 506 g/mol. The Morgan fingerprint density at radius 1 is 0.765 bits per heavy atom. The van der Waals surface area contributed by atoms with Gasteiger partial charge in [0, 0.05) is 0 Å². The van der Waals surface area contributed by atoms with E-state index >= 15 is 0 Å². The van der Waals surface area contributed by atoms with Gasteiger partial charge >= 0.3 is 0 Å². The van der Waals surface area contributed by atoms with Crippen molar-refractivity contribution in [1.29, 1.82) is 0 Å². The predicted octanol–water partition coefficient (Wildman–Crippen LogP) is -8.52. The van der Waals surface area contributed by atoms with E-state index in [4.69, 9.17) is 35.4 Å². The number of carbonyl (C=O) groups excluding carboxylic acids is 2. The molecule has 1 rings (SSSR count). The van der Waals surface area contributed by atoms with E-state index in [9.17, 15) is 45.3 Å². The minimum Gasteiger partial charge on any atom is -0.394 e. The molecule has 0 amide bonds. The molecule has 0 radical (unpaired) electrons. The molecule has 0 bridgehead atoms. The van der Waals surface area contributed by atoms with Crippen molar-refractivity contribution in [1.82, 2.24) is 0 Å². The number of rotatable bonds is 11. The van der Waals surface area contributed by atoms with Gasteiger partial charge in [0.2, 0.25) is 0 Å². The van der Waals surface area contributed by atoms with Gasteiger partial charge in [-0.1, -0.05) is 0 Å². The van der Waals surface area contributed by atoms with Crippen LogP contribution in [0.1, 0.15) is 6.92 Å². The third kappa shape index (κ3) is 8.47. The van der Waals surface area contributed by atoms with Crippen molar-refractivity contribution in [2.24, 2.45) is 0 Å². The van der Waals surface area contributed by atoms with E-state index in [1.54, 1.807) is 0 Å². The zero-order valence-corrected chi connectivity index (χ0v) is 18.0. The second kappa shape index (κ2) is 15.0. The SMILES string of the molecule is C[C@@H]1OC(C(=O)[C@H](O)[C@@H](O)[C@H](O)[C@H](O)CO)[C@H](O)[C@H](O)[C@H]1O.O=C[C@H](O)[C@@H](O)[C@H](O)[C@H](O)CO. The lowest BCUT2D eigenvalue weighted by atomic mass is 9.89. The Morgan fingerprint density at radius 2 is 1.21 bits per heavy atom. The van der Waals surface area contributed by atoms with Crippen LogP contribution in [0.15, 0.2) is 0 Å². The molecule has 0 aromatic rings. The van der Waals surface area contributed by atoms with Crippen molar-refractivity contribution in [3.63, 3.8) is 0 Å². The highest BCUT2D eigenvalue weighted by Crippen LogP contribution is 2.23. The largest absolute Gasteiger partial charge is 0.394 e. The number of aliphatic hydroxyl groups is 13. The number of aliphatic hydroxyl groups excluding tert-OH is 13. The highest BCUT2D eigenvalue weighted by Gasteiger charge is 2.48. The number of hydrogen-bond acceptors (Lipinski definition) is 16. The topological polar surface area (TPSA) is 306 Å². The fraction of sp³-hybridized carbons (Fsp3) is 0.889. The zero-order valence-electron chi connectivity index (χ0n) is 18.0. The van der Waals surface area contributed by atoms with E-state index in [2.05, 4.69) is 0 Å². The molecule has 1 heterocycles. The van der Waals surface area contributed by atoms with Crippen LogP contribution in [0.25, 0.3) is 0 Å². The van der Waals surface area contributed by atoms with Crippen LogP contribution in [-0.2, 0) is 14.3 Å². The molecule has 1 unspecified atom stereocenters. The molecule has 16 nitrogen and oxygen atoms in total. The molecular weight excluding hydrogens is 472 g/mol. The number of ether oxygens (including phenoxy) is 1. The van der Waals surface area contributed by atoms with Crippen molar-refractivity contribution < 1.29 is 80.7 Å². The first-order valence-electron chi connectivity index (χ1n) is 10.0. The Kier molecular flexibility index (Phi) is 14.5. The van der Waals surface area contributed by atoms with Gasteiger partial charge in [0.15, 0.2) is 12.1 Å². The van der Waals surface area contributed by atoms with Crippen molar-refractivity contribution in [2.75, 3.05) is 13.2 Å². The smallest absolute Gasteiger partial charge is 0.195 e. The molecule has 0 spiro atoms. The third-order valence-corrected chi connectivity index (χ3v) is 5.10. The molecule has 0 saturated carbocycles. The normalized spacial score (nSPS) is 32.1. The lowest BCUT2D eigenvalue weighted by Gasteiger charge is -2.39. The fourth-order valence-corrected chi connectivity index (χ4v) is 2.76. The second-order valence-corrected chi connectivity index (χ2v) is 7.67. The van der Waals surface area contributed by atoms with Crippen molar-refractivity contribution >= 4 is 12.1 Å². The first-order chi connectivity index (χ1) is 15.7. The van der Waals surface area contributed by atoms with Gasteiger partial charge in [-0.3, -0.25) is 4.79 Å². The summed E-state index contributed by atoms with van der Waals surface area (Å²) in [6.45, 7) is -0.347. The lowest BCUT2D eigenvalue weighted by Crippen LogP contribution is -2.62. The average Bonchev–Trinajstić information content (AvgIpc) is 2.85. The zero-order chi connectivity index (χ0) is 26.9. The number of Topliss-reactive ketones (excluding diaryl/α,β-unsaturated/α-hetero) is 1. The monoisotopic (exact) mass is 506 g/mol. The van der Waals surface area contributed by atoms with Gasteiger partial charge in [0.1, 0.15) is 73.2 Å². The Morgan fingerprint density at radius 3 is 1.62 bits per heavy atom. The Balaban J connectivity index is 0.000000770. The molecule has 0 aromatic heterocycles. The Labute approximate surface area is 193 Å². The first kappa shape index (κ1) is 32.8. The minimum absolute atomic E-state index is 0.0258. The van der Waals surface area contributed by atoms with E-state index in [1.807, 2.05) is 0 Å². The highest BCUT2D eigenvalue weighted by molar-refractivity contribution is 5.88. The van der Waals surface area contributed by atoms with E-state index < -0.39 is 98.3 Å². The molecule has 13 N–H and O–H groups in total. The van der Waals surface area contributed by atoms with E-state index in [1.165, 1.54) is 6.92 Å². The van der Waals surface area contributed by atoms with Crippen LogP contribution in [-0.4, -0.2) is 171 Å². The van der Waals surface area contributed by atoms with Crippen LogP contribution < -0.4 is 0 Å². The molecule has 16 heteroatoms. The van der Waals surface area contributed by atoms with E-state index in [0.29, 0.717) is 0 Å². The second-order valence-electron chi connectivity index (χ2n) is 7.67. The molecule has 1 aliphatic heterocycles. The molecule has 202 valence electrons. The summed E-state index contributed by atoms with van der Waals surface area (Å²) < 4.78 is 5.01. The molecule has 0 aromatic carbocycles. The number of aldehydes is 1. The highest BCUT2D eigenvalue weighted by atomic mass is 16.5. The first-order valence-corrected chi connectivity index (χ1v) is 10.0. The summed E-state index contributed by atoms with van der Waals surface area (Å²) in [7, 11) is 0. The minimum atomic E-state index is -2.24. The molecular formula is C18H34O16. The molecule has 13 atom stereocenters. The summed E-state index contributed by atoms with van der Waals surface area (Å²) in [5, 5.41) is 119. The Bertz CT molecular complexity index is 607. The summed E-state index contributed by atoms with van der Waals surface area (Å²) in [6.07, 6.45) is -22.8. The van der Waals surface area contributed by atoms with Crippen molar-refractivity contribution in [3.8, 4) is 0 Å². The molecule has 1 aliphatic rings. The van der Waals surface area contributed by atoms with Crippen LogP contribution in [0.4, 0.5) is 0 Å². The number of hydrogen-bond donors (Lipinski definition) is 13. The summed E-state index contributed by atoms with van der Waals surface area (Å²) in [5.74, 6) is -1.25. The standard InChI is InChI=1S/C12H22O10.C6H12O6/c1-3-5(15)7(17)10(20)12(22-3)11(21)9(19)8(18)6(16)4(14)2-13;7-1-3(9)5(11)6(12)4(10)2-8/h3-10,12-20H,2H2,1H3;1,3-6,8-12H,2H2/t3-,4+,5-,6+,7+,8-,9+,10+,12?;3-,4+,5+,6+/m00/s1. The summed E-state index contributed by atoms with van der Waals surface area (Å²) in [4.78, 5) is 21.9. The summed E-state index contributed by atoms with van der Waals surface area (Å²) in [5.41, 5.74) is 0. The predicted molar refractivity (Wildman–Crippen MR) is 106 cm³/mol. The van der Waals surface area contributed by atoms with Gasteiger partial charge in [0.25, 0.3) is 0 Å². The van der Waals surface area contributed by atoms with Crippen molar-refractivity contribution in [2.45, 2.75) is 86.3 Å². The quantitative estimate of drug-likeness (QED) is 0.116. The maximum Gasteiger partial charge on any atom is 0.195 e. The van der Waals surface area contributed by atoms with Gasteiger partial charge in [-0.25, -0.2) is 0 Å². The maximum atomic E-state index is 12.0. The summed E-state index contributed by atoms with van der Waals surface area (Å²) >= 11 is 0. The number of ketones is 1. The van der Waals surface area contributed by atoms with Crippen LogP contribution in [0, 0.1) is 0 Å². The van der Waals surface area contributed by atoms with Crippen LogP contribution in [0.5, 0.6) is 0 Å². The van der Waals surface area contributed by atoms with Gasteiger partial charge in [0.05, 0.1) is 19.3 Å². The van der Waals surface area contributed by atoms with Gasteiger partial charge in [-0.05, 0) is 6.92 Å². The maximum absolute atomic E-state index is 12.0. The summed E-state index contributed by atoms with van der Waals surface area (Å²) in [6, 6.07) is 0. The number of carbonyl (C=O) groups is 2. The van der Waals surface area contributed by atoms with Crippen LogP contribution in [0.2, 0.25) is 0 Å². The van der Waals surface area contributed by atoms with Gasteiger partial charge in [-0.15, -0.1) is 0 Å². The molecule has 1 saturated heterocycles. The lowest BCUT2D eigenvalue weighted by molar-refractivity contribution is -0.221. The van der Waals surface area contributed by atoms with Crippen molar-refractivity contribution in [3.05, 3.63) is 0 Å². The van der Waals surface area contributed by atoms with E-state index in [-0.39, 0.29) is 6.29 Å². The van der Waals surface area contributed by atoms with Crippen LogP contribution in [0.3, 0.4) is 0 Å².